The Labute approximate surface area is 115 Å². The zero-order chi connectivity index (χ0) is 14.0. The zero-order valence-corrected chi connectivity index (χ0v) is 12.0. The van der Waals surface area contributed by atoms with Crippen LogP contribution in [0.15, 0.2) is 18.2 Å². The molecule has 1 aliphatic rings. The van der Waals surface area contributed by atoms with Crippen molar-refractivity contribution in [3.63, 3.8) is 0 Å². The first-order chi connectivity index (χ1) is 8.97. The standard InChI is InChI=1S/C16H23NO2/c1-11(2)8-12(3)10-17-7-6-13-9-14(16(18)19)4-5-15(13)17/h4-5,9,11-12H,6-8,10H2,1-3H3,(H,18,19). The molecular formula is C16H23NO2. The van der Waals surface area contributed by atoms with Crippen LogP contribution in [0.25, 0.3) is 0 Å². The van der Waals surface area contributed by atoms with E-state index in [1.54, 1.807) is 6.07 Å². The van der Waals surface area contributed by atoms with Crippen LogP contribution in [-0.4, -0.2) is 24.2 Å². The first kappa shape index (κ1) is 13.9. The van der Waals surface area contributed by atoms with Crippen LogP contribution >= 0.6 is 0 Å². The van der Waals surface area contributed by atoms with E-state index in [0.29, 0.717) is 11.5 Å². The summed E-state index contributed by atoms with van der Waals surface area (Å²) in [6.07, 6.45) is 2.20. The first-order valence-electron chi connectivity index (χ1n) is 7.08. The average molecular weight is 261 g/mol. The number of fused-ring (bicyclic) bond motifs is 1. The van der Waals surface area contributed by atoms with Crippen molar-refractivity contribution >= 4 is 11.7 Å². The summed E-state index contributed by atoms with van der Waals surface area (Å²) in [5, 5.41) is 9.01. The molecule has 0 radical (unpaired) electrons. The molecule has 1 heterocycles. The van der Waals surface area contributed by atoms with Crippen molar-refractivity contribution in [3.05, 3.63) is 29.3 Å². The lowest BCUT2D eigenvalue weighted by Gasteiger charge is -2.24. The number of hydrogen-bond donors (Lipinski definition) is 1. The molecule has 104 valence electrons. The number of carbonyl (C=O) groups is 1. The Morgan fingerprint density at radius 1 is 1.37 bits per heavy atom. The minimum atomic E-state index is -0.838. The van der Waals surface area contributed by atoms with E-state index >= 15 is 0 Å². The molecule has 1 atom stereocenters. The largest absolute Gasteiger partial charge is 0.478 e. The van der Waals surface area contributed by atoms with Crippen molar-refractivity contribution < 1.29 is 9.90 Å². The van der Waals surface area contributed by atoms with Gasteiger partial charge in [0.05, 0.1) is 5.56 Å². The predicted octanol–water partition coefficient (Wildman–Crippen LogP) is 3.43. The number of rotatable bonds is 5. The highest BCUT2D eigenvalue weighted by Crippen LogP contribution is 2.30. The summed E-state index contributed by atoms with van der Waals surface area (Å²) < 4.78 is 0. The quantitative estimate of drug-likeness (QED) is 0.882. The van der Waals surface area contributed by atoms with Gasteiger partial charge in [0.15, 0.2) is 0 Å². The van der Waals surface area contributed by atoms with E-state index in [9.17, 15) is 4.79 Å². The molecule has 0 bridgehead atoms. The Hall–Kier alpha value is -1.51. The van der Waals surface area contributed by atoms with Gasteiger partial charge in [0, 0.05) is 18.8 Å². The van der Waals surface area contributed by atoms with Crippen molar-refractivity contribution in [1.29, 1.82) is 0 Å². The second-order valence-corrected chi connectivity index (χ2v) is 6.08. The lowest BCUT2D eigenvalue weighted by Crippen LogP contribution is -2.27. The molecule has 0 spiro atoms. The fraction of sp³-hybridized carbons (Fsp3) is 0.562. The molecule has 1 aromatic rings. The van der Waals surface area contributed by atoms with Gasteiger partial charge in [-0.25, -0.2) is 4.79 Å². The highest BCUT2D eigenvalue weighted by molar-refractivity contribution is 5.88. The Kier molecular flexibility index (Phi) is 4.13. The fourth-order valence-corrected chi connectivity index (χ4v) is 3.05. The van der Waals surface area contributed by atoms with Crippen molar-refractivity contribution in [1.82, 2.24) is 0 Å². The monoisotopic (exact) mass is 261 g/mol. The third-order valence-electron chi connectivity index (χ3n) is 3.72. The van der Waals surface area contributed by atoms with Gasteiger partial charge in [0.2, 0.25) is 0 Å². The Morgan fingerprint density at radius 2 is 2.11 bits per heavy atom. The third-order valence-corrected chi connectivity index (χ3v) is 3.72. The van der Waals surface area contributed by atoms with Gasteiger partial charge in [-0.15, -0.1) is 0 Å². The summed E-state index contributed by atoms with van der Waals surface area (Å²) in [5.41, 5.74) is 2.80. The maximum atomic E-state index is 11.0. The second kappa shape index (κ2) is 5.64. The van der Waals surface area contributed by atoms with Crippen LogP contribution in [0.3, 0.4) is 0 Å². The smallest absolute Gasteiger partial charge is 0.335 e. The van der Waals surface area contributed by atoms with E-state index in [0.717, 1.165) is 25.4 Å². The van der Waals surface area contributed by atoms with Crippen LogP contribution in [0, 0.1) is 11.8 Å². The maximum absolute atomic E-state index is 11.0. The van der Waals surface area contributed by atoms with E-state index in [1.807, 2.05) is 12.1 Å². The summed E-state index contributed by atoms with van der Waals surface area (Å²) in [6.45, 7) is 8.89. The number of nitrogens with zero attached hydrogens (tertiary/aromatic N) is 1. The molecular weight excluding hydrogens is 238 g/mol. The van der Waals surface area contributed by atoms with E-state index in [-0.39, 0.29) is 0 Å². The molecule has 19 heavy (non-hydrogen) atoms. The number of benzene rings is 1. The molecule has 2 rings (SSSR count). The van der Waals surface area contributed by atoms with Gasteiger partial charge >= 0.3 is 5.97 Å². The van der Waals surface area contributed by atoms with Crippen LogP contribution < -0.4 is 4.90 Å². The van der Waals surface area contributed by atoms with Gasteiger partial charge in [0.1, 0.15) is 0 Å². The minimum Gasteiger partial charge on any atom is -0.478 e. The van der Waals surface area contributed by atoms with Crippen LogP contribution in [0.2, 0.25) is 0 Å². The molecule has 0 amide bonds. The van der Waals surface area contributed by atoms with Gasteiger partial charge in [0.25, 0.3) is 0 Å². The summed E-state index contributed by atoms with van der Waals surface area (Å²) in [4.78, 5) is 13.4. The summed E-state index contributed by atoms with van der Waals surface area (Å²) >= 11 is 0. The van der Waals surface area contributed by atoms with Crippen LogP contribution in [0.1, 0.15) is 43.1 Å². The SMILES string of the molecule is CC(C)CC(C)CN1CCc2cc(C(=O)O)ccc21. The molecule has 1 N–H and O–H groups in total. The van der Waals surface area contributed by atoms with Crippen LogP contribution in [-0.2, 0) is 6.42 Å². The molecule has 0 aliphatic carbocycles. The van der Waals surface area contributed by atoms with Gasteiger partial charge in [-0.2, -0.15) is 0 Å². The minimum absolute atomic E-state index is 0.399. The lowest BCUT2D eigenvalue weighted by molar-refractivity contribution is 0.0697. The maximum Gasteiger partial charge on any atom is 0.335 e. The van der Waals surface area contributed by atoms with Gasteiger partial charge < -0.3 is 10.0 Å². The normalized spacial score (nSPS) is 15.7. The number of anilines is 1. The van der Waals surface area contributed by atoms with E-state index in [4.69, 9.17) is 5.11 Å². The molecule has 3 nitrogen and oxygen atoms in total. The van der Waals surface area contributed by atoms with Crippen molar-refractivity contribution in [2.24, 2.45) is 11.8 Å². The molecule has 1 aliphatic heterocycles. The first-order valence-corrected chi connectivity index (χ1v) is 7.08. The zero-order valence-electron chi connectivity index (χ0n) is 12.0. The number of carboxylic acids is 1. The Morgan fingerprint density at radius 3 is 2.74 bits per heavy atom. The molecule has 0 fully saturated rings. The molecule has 0 aromatic heterocycles. The summed E-state index contributed by atoms with van der Waals surface area (Å²) in [6, 6.07) is 5.51. The molecule has 0 saturated heterocycles. The Bertz CT molecular complexity index is 468. The van der Waals surface area contributed by atoms with Crippen molar-refractivity contribution in [2.75, 3.05) is 18.0 Å². The van der Waals surface area contributed by atoms with Crippen LogP contribution in [0.5, 0.6) is 0 Å². The van der Waals surface area contributed by atoms with Crippen LogP contribution in [0.4, 0.5) is 5.69 Å². The second-order valence-electron chi connectivity index (χ2n) is 6.08. The molecule has 1 aromatic carbocycles. The fourth-order valence-electron chi connectivity index (χ4n) is 3.05. The summed E-state index contributed by atoms with van der Waals surface area (Å²) in [7, 11) is 0. The molecule has 0 saturated carbocycles. The highest BCUT2D eigenvalue weighted by atomic mass is 16.4. The lowest BCUT2D eigenvalue weighted by atomic mass is 9.98. The van der Waals surface area contributed by atoms with Crippen molar-refractivity contribution in [2.45, 2.75) is 33.6 Å². The molecule has 3 heteroatoms. The third kappa shape index (κ3) is 3.28. The van der Waals surface area contributed by atoms with Crippen molar-refractivity contribution in [3.8, 4) is 0 Å². The van der Waals surface area contributed by atoms with E-state index < -0.39 is 5.97 Å². The van der Waals surface area contributed by atoms with Gasteiger partial charge in [-0.3, -0.25) is 0 Å². The van der Waals surface area contributed by atoms with Gasteiger partial charge in [-0.1, -0.05) is 20.8 Å². The highest BCUT2D eigenvalue weighted by Gasteiger charge is 2.22. The predicted molar refractivity (Wildman–Crippen MR) is 77.9 cm³/mol. The number of carboxylic acid groups (broad SMARTS) is 1. The topological polar surface area (TPSA) is 40.5 Å². The average Bonchev–Trinajstić information content (AvgIpc) is 2.70. The number of hydrogen-bond acceptors (Lipinski definition) is 2. The Balaban J connectivity index is 2.08. The van der Waals surface area contributed by atoms with E-state index in [1.165, 1.54) is 17.7 Å². The summed E-state index contributed by atoms with van der Waals surface area (Å²) in [5.74, 6) is 0.561. The van der Waals surface area contributed by atoms with Gasteiger partial charge in [-0.05, 0) is 48.4 Å². The number of aromatic carboxylic acids is 1. The molecule has 1 unspecified atom stereocenters. The van der Waals surface area contributed by atoms with E-state index in [2.05, 4.69) is 25.7 Å².